The van der Waals surface area contributed by atoms with Gasteiger partial charge in [0.2, 0.25) is 5.82 Å². The first kappa shape index (κ1) is 19.6. The number of piperidine rings is 1. The standard InChI is InChI=1S/C23H19N7O2/c24-14-16-6-8-18(9-7-16)23(31)29-12-10-19(11-13-29)30-15-20(26-28-30)22-25-21(27-32-22)17-4-2-1-3-5-17/h1-9,15,19H,10-13H2. The Kier molecular flexibility index (Phi) is 5.17. The molecule has 3 heterocycles. The molecule has 1 fully saturated rings. The van der Waals surface area contributed by atoms with Gasteiger partial charge in [-0.15, -0.1) is 5.10 Å². The molecular formula is C23H19N7O2. The summed E-state index contributed by atoms with van der Waals surface area (Å²) in [4.78, 5) is 19.0. The zero-order chi connectivity index (χ0) is 21.9. The van der Waals surface area contributed by atoms with Gasteiger partial charge in [0.1, 0.15) is 0 Å². The second-order valence-electron chi connectivity index (χ2n) is 7.59. The summed E-state index contributed by atoms with van der Waals surface area (Å²) in [7, 11) is 0. The van der Waals surface area contributed by atoms with Crippen LogP contribution in [0, 0.1) is 11.3 Å². The number of carbonyl (C=O) groups excluding carboxylic acids is 1. The van der Waals surface area contributed by atoms with Crippen LogP contribution < -0.4 is 0 Å². The van der Waals surface area contributed by atoms with Crippen LogP contribution in [0.2, 0.25) is 0 Å². The lowest BCUT2D eigenvalue weighted by atomic mass is 10.0. The van der Waals surface area contributed by atoms with Gasteiger partial charge in [0, 0.05) is 24.2 Å². The highest BCUT2D eigenvalue weighted by Crippen LogP contribution is 2.25. The summed E-state index contributed by atoms with van der Waals surface area (Å²) in [5.41, 5.74) is 2.53. The van der Waals surface area contributed by atoms with E-state index >= 15 is 0 Å². The number of hydrogen-bond donors (Lipinski definition) is 0. The SMILES string of the molecule is N#Cc1ccc(C(=O)N2CCC(n3cc(-c4nc(-c5ccccc5)no4)nn3)CC2)cc1. The predicted octanol–water partition coefficient (Wildman–Crippen LogP) is 3.34. The zero-order valence-electron chi connectivity index (χ0n) is 17.1. The molecule has 1 amide bonds. The Bertz CT molecular complexity index is 1260. The lowest BCUT2D eigenvalue weighted by Gasteiger charge is -2.31. The van der Waals surface area contributed by atoms with Gasteiger partial charge >= 0.3 is 0 Å². The Morgan fingerprint density at radius 1 is 1.06 bits per heavy atom. The summed E-state index contributed by atoms with van der Waals surface area (Å²) in [6, 6.07) is 18.5. The number of nitrogens with zero attached hydrogens (tertiary/aromatic N) is 7. The molecule has 0 N–H and O–H groups in total. The van der Waals surface area contributed by atoms with Crippen LogP contribution in [0.15, 0.2) is 65.3 Å². The van der Waals surface area contributed by atoms with Crippen LogP contribution in [-0.2, 0) is 0 Å². The van der Waals surface area contributed by atoms with Crippen molar-refractivity contribution in [3.63, 3.8) is 0 Å². The van der Waals surface area contributed by atoms with E-state index in [0.29, 0.717) is 41.6 Å². The van der Waals surface area contributed by atoms with Crippen molar-refractivity contribution < 1.29 is 9.32 Å². The summed E-state index contributed by atoms with van der Waals surface area (Å²) in [5, 5.41) is 21.4. The summed E-state index contributed by atoms with van der Waals surface area (Å²) in [6.07, 6.45) is 3.35. The largest absolute Gasteiger partial charge is 0.338 e. The zero-order valence-corrected chi connectivity index (χ0v) is 17.1. The number of likely N-dealkylation sites (tertiary alicyclic amines) is 1. The minimum absolute atomic E-state index is 0.0217. The van der Waals surface area contributed by atoms with Gasteiger partial charge in [-0.3, -0.25) is 4.79 Å². The average Bonchev–Trinajstić information content (AvgIpc) is 3.55. The Balaban J connectivity index is 1.23. The van der Waals surface area contributed by atoms with Gasteiger partial charge in [-0.2, -0.15) is 10.2 Å². The third-order valence-electron chi connectivity index (χ3n) is 5.57. The Labute approximate surface area is 183 Å². The normalized spacial score (nSPS) is 14.3. The Morgan fingerprint density at radius 2 is 1.81 bits per heavy atom. The molecule has 158 valence electrons. The maximum Gasteiger partial charge on any atom is 0.280 e. The minimum atomic E-state index is -0.0217. The van der Waals surface area contributed by atoms with E-state index in [0.717, 1.165) is 18.4 Å². The number of nitriles is 1. The number of carbonyl (C=O) groups is 1. The van der Waals surface area contributed by atoms with E-state index in [4.69, 9.17) is 9.78 Å². The second-order valence-corrected chi connectivity index (χ2v) is 7.59. The fraction of sp³-hybridized carbons (Fsp3) is 0.217. The summed E-state index contributed by atoms with van der Waals surface area (Å²) in [6.45, 7) is 1.24. The summed E-state index contributed by atoms with van der Waals surface area (Å²) >= 11 is 0. The lowest BCUT2D eigenvalue weighted by Crippen LogP contribution is -2.39. The van der Waals surface area contributed by atoms with Crippen molar-refractivity contribution in [2.75, 3.05) is 13.1 Å². The first-order valence-electron chi connectivity index (χ1n) is 10.3. The molecule has 0 unspecified atom stereocenters. The minimum Gasteiger partial charge on any atom is -0.338 e. The van der Waals surface area contributed by atoms with Crippen LogP contribution in [0.1, 0.15) is 34.8 Å². The van der Waals surface area contributed by atoms with E-state index < -0.39 is 0 Å². The van der Waals surface area contributed by atoms with Crippen LogP contribution in [0.25, 0.3) is 23.0 Å². The van der Waals surface area contributed by atoms with Gasteiger partial charge < -0.3 is 9.42 Å². The van der Waals surface area contributed by atoms with Crippen molar-refractivity contribution in [3.8, 4) is 29.0 Å². The van der Waals surface area contributed by atoms with E-state index in [1.165, 1.54) is 0 Å². The Morgan fingerprint density at radius 3 is 2.53 bits per heavy atom. The first-order valence-corrected chi connectivity index (χ1v) is 10.3. The quantitative estimate of drug-likeness (QED) is 0.492. The molecule has 32 heavy (non-hydrogen) atoms. The highest BCUT2D eigenvalue weighted by atomic mass is 16.5. The number of rotatable bonds is 4. The topological polar surface area (TPSA) is 114 Å². The van der Waals surface area contributed by atoms with E-state index in [9.17, 15) is 4.79 Å². The molecule has 9 heteroatoms. The molecule has 2 aromatic heterocycles. The molecule has 0 radical (unpaired) electrons. The average molecular weight is 425 g/mol. The monoisotopic (exact) mass is 425 g/mol. The van der Waals surface area contributed by atoms with Crippen molar-refractivity contribution in [2.24, 2.45) is 0 Å². The van der Waals surface area contributed by atoms with Crippen LogP contribution in [0.5, 0.6) is 0 Å². The molecule has 0 aliphatic carbocycles. The second kappa shape index (κ2) is 8.43. The van der Waals surface area contributed by atoms with Crippen LogP contribution in [0.3, 0.4) is 0 Å². The molecule has 0 spiro atoms. The maximum atomic E-state index is 12.7. The summed E-state index contributed by atoms with van der Waals surface area (Å²) in [5.74, 6) is 0.805. The molecule has 2 aromatic carbocycles. The third-order valence-corrected chi connectivity index (χ3v) is 5.57. The van der Waals surface area contributed by atoms with Gasteiger partial charge in [-0.05, 0) is 37.1 Å². The number of benzene rings is 2. The van der Waals surface area contributed by atoms with Crippen molar-refractivity contribution in [2.45, 2.75) is 18.9 Å². The van der Waals surface area contributed by atoms with Gasteiger partial charge in [0.25, 0.3) is 11.8 Å². The van der Waals surface area contributed by atoms with Gasteiger partial charge in [0.15, 0.2) is 5.69 Å². The van der Waals surface area contributed by atoms with Crippen molar-refractivity contribution in [3.05, 3.63) is 71.9 Å². The predicted molar refractivity (Wildman–Crippen MR) is 114 cm³/mol. The van der Waals surface area contributed by atoms with E-state index in [1.807, 2.05) is 46.1 Å². The molecule has 0 saturated carbocycles. The number of hydrogen-bond acceptors (Lipinski definition) is 7. The third kappa shape index (κ3) is 3.86. The fourth-order valence-corrected chi connectivity index (χ4v) is 3.79. The van der Waals surface area contributed by atoms with E-state index in [2.05, 4.69) is 26.5 Å². The highest BCUT2D eigenvalue weighted by molar-refractivity contribution is 5.94. The van der Waals surface area contributed by atoms with Crippen LogP contribution >= 0.6 is 0 Å². The Hall–Kier alpha value is -4.32. The number of aromatic nitrogens is 5. The molecular weight excluding hydrogens is 406 g/mol. The number of amides is 1. The smallest absolute Gasteiger partial charge is 0.280 e. The van der Waals surface area contributed by atoms with Gasteiger partial charge in [-0.25, -0.2) is 4.68 Å². The summed E-state index contributed by atoms with van der Waals surface area (Å²) < 4.78 is 7.18. The molecule has 0 bridgehead atoms. The first-order chi connectivity index (χ1) is 15.7. The molecule has 5 rings (SSSR count). The lowest BCUT2D eigenvalue weighted by molar-refractivity contribution is 0.0689. The van der Waals surface area contributed by atoms with Crippen LogP contribution in [-0.4, -0.2) is 49.0 Å². The van der Waals surface area contributed by atoms with E-state index in [1.54, 1.807) is 24.3 Å². The van der Waals surface area contributed by atoms with Gasteiger partial charge in [-0.1, -0.05) is 40.7 Å². The molecule has 9 nitrogen and oxygen atoms in total. The molecule has 4 aromatic rings. The highest BCUT2D eigenvalue weighted by Gasteiger charge is 2.26. The molecule has 1 aliphatic heterocycles. The molecule has 1 saturated heterocycles. The fourth-order valence-electron chi connectivity index (χ4n) is 3.79. The molecule has 0 atom stereocenters. The van der Waals surface area contributed by atoms with E-state index in [-0.39, 0.29) is 11.9 Å². The van der Waals surface area contributed by atoms with Crippen molar-refractivity contribution >= 4 is 5.91 Å². The van der Waals surface area contributed by atoms with Crippen molar-refractivity contribution in [1.82, 2.24) is 30.0 Å². The molecule has 1 aliphatic rings. The maximum absolute atomic E-state index is 12.7. The van der Waals surface area contributed by atoms with Crippen LogP contribution in [0.4, 0.5) is 0 Å². The van der Waals surface area contributed by atoms with Gasteiger partial charge in [0.05, 0.1) is 23.9 Å². The van der Waals surface area contributed by atoms with Crippen molar-refractivity contribution in [1.29, 1.82) is 5.26 Å².